The van der Waals surface area contributed by atoms with Gasteiger partial charge in [-0.25, -0.2) is 0 Å². The molecule has 0 aliphatic carbocycles. The van der Waals surface area contributed by atoms with E-state index in [9.17, 15) is 0 Å². The fourth-order valence-corrected chi connectivity index (χ4v) is 1.73. The van der Waals surface area contributed by atoms with Gasteiger partial charge in [0.25, 0.3) is 0 Å². The molecule has 0 aromatic heterocycles. The van der Waals surface area contributed by atoms with Gasteiger partial charge in [0.1, 0.15) is 0 Å². The molecule has 0 saturated heterocycles. The van der Waals surface area contributed by atoms with Crippen LogP contribution in [0, 0.1) is 39.0 Å². The second kappa shape index (κ2) is 3.67. The molecule has 0 aliphatic rings. The summed E-state index contributed by atoms with van der Waals surface area (Å²) in [5.41, 5.74) is 6.36. The van der Waals surface area contributed by atoms with Gasteiger partial charge < -0.3 is 0 Å². The van der Waals surface area contributed by atoms with E-state index in [1.165, 1.54) is 22.3 Å². The molecular weight excluding hydrogens is 170 g/mol. The van der Waals surface area contributed by atoms with Crippen molar-refractivity contribution in [2.75, 3.05) is 0 Å². The first-order valence-electron chi connectivity index (χ1n) is 4.65. The van der Waals surface area contributed by atoms with Gasteiger partial charge in [0.15, 0.2) is 0 Å². The summed E-state index contributed by atoms with van der Waals surface area (Å²) in [6.07, 6.45) is 0. The lowest BCUT2D eigenvalue weighted by atomic mass is 9.91. The summed E-state index contributed by atoms with van der Waals surface area (Å²) in [6.45, 7) is 12.0. The lowest BCUT2D eigenvalue weighted by Crippen LogP contribution is -1.97. The molecule has 0 spiro atoms. The van der Waals surface area contributed by atoms with Crippen LogP contribution in [0.2, 0.25) is 0 Å². The van der Waals surface area contributed by atoms with Gasteiger partial charge in [0, 0.05) is 0 Å². The smallest absolute Gasteiger partial charge is 0.0991 e. The molecule has 0 atom stereocenters. The molecule has 1 heteroatoms. The van der Waals surface area contributed by atoms with Crippen molar-refractivity contribution in [1.82, 2.24) is 0 Å². The average Bonchev–Trinajstić information content (AvgIpc) is 2.15. The van der Waals surface area contributed by atoms with Crippen LogP contribution in [-0.2, 0) is 0 Å². The van der Waals surface area contributed by atoms with Crippen LogP contribution in [-0.4, -0.2) is 0 Å². The maximum atomic E-state index is 8.87. The maximum Gasteiger partial charge on any atom is 0.0991 e. The van der Waals surface area contributed by atoms with Crippen LogP contribution < -0.4 is 0 Å². The van der Waals surface area contributed by atoms with Gasteiger partial charge in [-0.15, -0.1) is 0 Å². The number of aryl methyl sites for hydroxylation is 2. The summed E-state index contributed by atoms with van der Waals surface area (Å²) in [5.74, 6) is 0. The molecule has 0 N–H and O–H groups in total. The molecule has 0 amide bonds. The standard InChI is InChI=1S/C13H15N/c1-8-6-9(2)12(5)13(11(8)4)10(3)7-14/h6H,3H2,1-2,4-5H3. The fourth-order valence-electron chi connectivity index (χ4n) is 1.73. The molecular formula is C13H15N. The Balaban J connectivity index is 3.57. The van der Waals surface area contributed by atoms with E-state index in [-0.39, 0.29) is 0 Å². The first kappa shape index (κ1) is 10.5. The molecule has 1 nitrogen and oxygen atoms in total. The molecule has 0 bridgehead atoms. The molecule has 0 saturated carbocycles. The zero-order chi connectivity index (χ0) is 10.9. The molecule has 72 valence electrons. The van der Waals surface area contributed by atoms with Gasteiger partial charge in [-0.05, 0) is 55.5 Å². The predicted molar refractivity (Wildman–Crippen MR) is 60.0 cm³/mol. The summed E-state index contributed by atoms with van der Waals surface area (Å²) >= 11 is 0. The summed E-state index contributed by atoms with van der Waals surface area (Å²) in [4.78, 5) is 0. The Bertz CT molecular complexity index is 407. The fraction of sp³-hybridized carbons (Fsp3) is 0.308. The normalized spacial score (nSPS) is 9.64. The van der Waals surface area contributed by atoms with E-state index in [2.05, 4.69) is 32.6 Å². The van der Waals surface area contributed by atoms with Crippen LogP contribution in [0.4, 0.5) is 0 Å². The molecule has 0 radical (unpaired) electrons. The minimum atomic E-state index is 0.562. The second-order valence-electron chi connectivity index (χ2n) is 3.73. The van der Waals surface area contributed by atoms with Crippen molar-refractivity contribution in [3.63, 3.8) is 0 Å². The zero-order valence-corrected chi connectivity index (χ0v) is 9.23. The quantitative estimate of drug-likeness (QED) is 0.615. The van der Waals surface area contributed by atoms with Gasteiger partial charge in [0.05, 0.1) is 11.6 Å². The highest BCUT2D eigenvalue weighted by Gasteiger charge is 2.10. The predicted octanol–water partition coefficient (Wildman–Crippen LogP) is 3.46. The Morgan fingerprint density at radius 1 is 1.14 bits per heavy atom. The van der Waals surface area contributed by atoms with Gasteiger partial charge in [-0.3, -0.25) is 0 Å². The largest absolute Gasteiger partial charge is 0.192 e. The highest BCUT2D eigenvalue weighted by atomic mass is 14.3. The van der Waals surface area contributed by atoms with E-state index in [4.69, 9.17) is 5.26 Å². The molecule has 0 heterocycles. The molecule has 1 aromatic rings. The van der Waals surface area contributed by atoms with Crippen molar-refractivity contribution in [2.45, 2.75) is 27.7 Å². The first-order valence-corrected chi connectivity index (χ1v) is 4.65. The monoisotopic (exact) mass is 185 g/mol. The number of nitriles is 1. The lowest BCUT2D eigenvalue weighted by Gasteiger charge is -2.13. The van der Waals surface area contributed by atoms with Crippen LogP contribution in [0.25, 0.3) is 5.57 Å². The van der Waals surface area contributed by atoms with E-state index in [0.29, 0.717) is 5.57 Å². The van der Waals surface area contributed by atoms with Gasteiger partial charge in [-0.1, -0.05) is 12.6 Å². The lowest BCUT2D eigenvalue weighted by molar-refractivity contribution is 1.22. The number of allylic oxidation sites excluding steroid dienone is 1. The summed E-state index contributed by atoms with van der Waals surface area (Å²) < 4.78 is 0. The minimum Gasteiger partial charge on any atom is -0.192 e. The molecule has 0 unspecified atom stereocenters. The Labute approximate surface area is 85.7 Å². The van der Waals surface area contributed by atoms with E-state index in [1.54, 1.807) is 0 Å². The molecule has 1 aromatic carbocycles. The Morgan fingerprint density at radius 3 is 1.93 bits per heavy atom. The van der Waals surface area contributed by atoms with Crippen LogP contribution in [0.1, 0.15) is 27.8 Å². The van der Waals surface area contributed by atoms with Crippen LogP contribution in [0.15, 0.2) is 12.6 Å². The van der Waals surface area contributed by atoms with Crippen LogP contribution in [0.3, 0.4) is 0 Å². The van der Waals surface area contributed by atoms with Crippen LogP contribution in [0.5, 0.6) is 0 Å². The average molecular weight is 185 g/mol. The highest BCUT2D eigenvalue weighted by molar-refractivity contribution is 5.79. The summed E-state index contributed by atoms with van der Waals surface area (Å²) in [5, 5.41) is 8.87. The molecule has 14 heavy (non-hydrogen) atoms. The molecule has 1 rings (SSSR count). The Morgan fingerprint density at radius 2 is 1.57 bits per heavy atom. The molecule has 0 aliphatic heterocycles. The van der Waals surface area contributed by atoms with Crippen molar-refractivity contribution in [3.05, 3.63) is 40.5 Å². The zero-order valence-electron chi connectivity index (χ0n) is 9.23. The second-order valence-corrected chi connectivity index (χ2v) is 3.73. The summed E-state index contributed by atoms with van der Waals surface area (Å²) in [6, 6.07) is 4.27. The van der Waals surface area contributed by atoms with E-state index >= 15 is 0 Å². The number of benzene rings is 1. The number of hydrogen-bond acceptors (Lipinski definition) is 1. The topological polar surface area (TPSA) is 23.8 Å². The third kappa shape index (κ3) is 1.56. The van der Waals surface area contributed by atoms with E-state index in [1.807, 2.05) is 13.8 Å². The summed E-state index contributed by atoms with van der Waals surface area (Å²) in [7, 11) is 0. The maximum absolute atomic E-state index is 8.87. The Kier molecular flexibility index (Phi) is 2.76. The first-order chi connectivity index (χ1) is 6.49. The minimum absolute atomic E-state index is 0.562. The number of hydrogen-bond donors (Lipinski definition) is 0. The van der Waals surface area contributed by atoms with Gasteiger partial charge in [0.2, 0.25) is 0 Å². The van der Waals surface area contributed by atoms with Crippen LogP contribution >= 0.6 is 0 Å². The van der Waals surface area contributed by atoms with Gasteiger partial charge in [-0.2, -0.15) is 5.26 Å². The third-order valence-electron chi connectivity index (χ3n) is 2.80. The van der Waals surface area contributed by atoms with Gasteiger partial charge >= 0.3 is 0 Å². The van der Waals surface area contributed by atoms with E-state index < -0.39 is 0 Å². The van der Waals surface area contributed by atoms with Crippen molar-refractivity contribution >= 4 is 5.57 Å². The highest BCUT2D eigenvalue weighted by Crippen LogP contribution is 2.26. The number of nitrogens with zero attached hydrogens (tertiary/aromatic N) is 1. The van der Waals surface area contributed by atoms with Crippen molar-refractivity contribution < 1.29 is 0 Å². The number of rotatable bonds is 1. The third-order valence-corrected chi connectivity index (χ3v) is 2.80. The van der Waals surface area contributed by atoms with Crippen molar-refractivity contribution in [2.24, 2.45) is 0 Å². The van der Waals surface area contributed by atoms with E-state index in [0.717, 1.165) is 5.56 Å². The van der Waals surface area contributed by atoms with Crippen molar-refractivity contribution in [1.29, 1.82) is 5.26 Å². The Hall–Kier alpha value is -1.55. The molecule has 0 fully saturated rings. The SMILES string of the molecule is C=C(C#N)c1c(C)c(C)cc(C)c1C. The van der Waals surface area contributed by atoms with Crippen molar-refractivity contribution in [3.8, 4) is 6.07 Å².